The third-order valence-electron chi connectivity index (χ3n) is 4.51. The van der Waals surface area contributed by atoms with Crippen molar-refractivity contribution < 1.29 is 4.43 Å². The van der Waals surface area contributed by atoms with Crippen molar-refractivity contribution in [1.29, 1.82) is 0 Å². The van der Waals surface area contributed by atoms with Crippen molar-refractivity contribution in [1.82, 2.24) is 0 Å². The zero-order valence-corrected chi connectivity index (χ0v) is 15.4. The summed E-state index contributed by atoms with van der Waals surface area (Å²) in [7, 11) is -1.58. The van der Waals surface area contributed by atoms with Crippen LogP contribution in [-0.2, 0) is 9.84 Å². The molecule has 0 saturated carbocycles. The highest BCUT2D eigenvalue weighted by atomic mass is 28.4. The van der Waals surface area contributed by atoms with Crippen molar-refractivity contribution in [2.24, 2.45) is 0 Å². The second-order valence-electron chi connectivity index (χ2n) is 7.41. The molecule has 1 aliphatic rings. The summed E-state index contributed by atoms with van der Waals surface area (Å²) in [6.45, 7) is 6.78. The summed E-state index contributed by atoms with van der Waals surface area (Å²) < 4.78 is 6.38. The van der Waals surface area contributed by atoms with Crippen molar-refractivity contribution >= 4 is 8.32 Å². The van der Waals surface area contributed by atoms with Crippen LogP contribution in [0.4, 0.5) is 0 Å². The summed E-state index contributed by atoms with van der Waals surface area (Å²) in [5, 5.41) is 0. The molecule has 0 bridgehead atoms. The Labute approximate surface area is 141 Å². The molecule has 2 heteroatoms. The molecule has 0 saturated heterocycles. The van der Waals surface area contributed by atoms with Gasteiger partial charge in [-0.3, -0.25) is 0 Å². The maximum atomic E-state index is 6.38. The van der Waals surface area contributed by atoms with E-state index in [9.17, 15) is 0 Å². The van der Waals surface area contributed by atoms with Crippen LogP contribution in [0.25, 0.3) is 0 Å². The highest BCUT2D eigenvalue weighted by Crippen LogP contribution is 2.45. The van der Waals surface area contributed by atoms with Crippen molar-refractivity contribution in [2.45, 2.75) is 44.3 Å². The summed E-state index contributed by atoms with van der Waals surface area (Å²) >= 11 is 0. The van der Waals surface area contributed by atoms with Crippen LogP contribution in [0.2, 0.25) is 19.6 Å². The van der Waals surface area contributed by atoms with Crippen LogP contribution in [0.1, 0.15) is 30.4 Å². The predicted octanol–water partition coefficient (Wildman–Crippen LogP) is 5.89. The van der Waals surface area contributed by atoms with E-state index in [1.54, 1.807) is 0 Å². The van der Waals surface area contributed by atoms with E-state index in [-0.39, 0.29) is 5.41 Å². The van der Waals surface area contributed by atoms with E-state index in [4.69, 9.17) is 4.43 Å². The third-order valence-corrected chi connectivity index (χ3v) is 5.38. The Kier molecular flexibility index (Phi) is 4.45. The number of rotatable bonds is 4. The molecule has 0 spiro atoms. The maximum absolute atomic E-state index is 6.38. The maximum Gasteiger partial charge on any atom is 0.241 e. The minimum absolute atomic E-state index is 0.0340. The molecule has 0 aliphatic heterocycles. The molecule has 0 N–H and O–H groups in total. The molecule has 1 nitrogen and oxygen atoms in total. The molecular formula is C21H26OSi. The minimum Gasteiger partial charge on any atom is -0.548 e. The lowest BCUT2D eigenvalue weighted by atomic mass is 9.67. The number of allylic oxidation sites excluding steroid dienone is 2. The van der Waals surface area contributed by atoms with Crippen LogP contribution in [-0.4, -0.2) is 8.32 Å². The first-order chi connectivity index (χ1) is 11.0. The topological polar surface area (TPSA) is 9.23 Å². The van der Waals surface area contributed by atoms with Gasteiger partial charge in [0.05, 0.1) is 5.76 Å². The molecule has 0 fully saturated rings. The lowest BCUT2D eigenvalue weighted by Gasteiger charge is -2.40. The minimum atomic E-state index is -1.58. The molecule has 2 aromatic rings. The molecule has 0 heterocycles. The van der Waals surface area contributed by atoms with Crippen molar-refractivity contribution in [3.05, 3.63) is 83.6 Å². The van der Waals surface area contributed by atoms with Crippen LogP contribution in [0.5, 0.6) is 0 Å². The van der Waals surface area contributed by atoms with Crippen molar-refractivity contribution in [3.63, 3.8) is 0 Å². The lowest BCUT2D eigenvalue weighted by molar-refractivity contribution is 0.323. The van der Waals surface area contributed by atoms with Crippen molar-refractivity contribution in [2.75, 3.05) is 0 Å². The van der Waals surface area contributed by atoms with Gasteiger partial charge < -0.3 is 4.43 Å². The Morgan fingerprint density at radius 1 is 0.826 bits per heavy atom. The Morgan fingerprint density at radius 3 is 1.83 bits per heavy atom. The molecule has 0 atom stereocenters. The lowest BCUT2D eigenvalue weighted by Crippen LogP contribution is -2.34. The van der Waals surface area contributed by atoms with Gasteiger partial charge in [0.1, 0.15) is 0 Å². The van der Waals surface area contributed by atoms with Gasteiger partial charge in [-0.25, -0.2) is 0 Å². The zero-order valence-electron chi connectivity index (χ0n) is 14.4. The van der Waals surface area contributed by atoms with Gasteiger partial charge in [0, 0.05) is 11.8 Å². The van der Waals surface area contributed by atoms with E-state index in [1.807, 2.05) is 0 Å². The van der Waals surface area contributed by atoms with Gasteiger partial charge in [-0.1, -0.05) is 60.7 Å². The van der Waals surface area contributed by atoms with Crippen LogP contribution >= 0.6 is 0 Å². The van der Waals surface area contributed by atoms with Gasteiger partial charge >= 0.3 is 0 Å². The second-order valence-corrected chi connectivity index (χ2v) is 11.8. The Balaban J connectivity index is 2.03. The molecule has 1 aliphatic carbocycles. The van der Waals surface area contributed by atoms with Gasteiger partial charge in [-0.15, -0.1) is 0 Å². The van der Waals surface area contributed by atoms with Gasteiger partial charge in [0.15, 0.2) is 0 Å². The Bertz CT molecular complexity index is 628. The molecule has 23 heavy (non-hydrogen) atoms. The summed E-state index contributed by atoms with van der Waals surface area (Å²) in [5.41, 5.74) is 2.83. The highest BCUT2D eigenvalue weighted by molar-refractivity contribution is 6.70. The number of hydrogen-bond donors (Lipinski definition) is 0. The van der Waals surface area contributed by atoms with Gasteiger partial charge in [0.2, 0.25) is 8.32 Å². The van der Waals surface area contributed by atoms with Gasteiger partial charge in [0.25, 0.3) is 0 Å². The normalized spacial score (nSPS) is 17.4. The summed E-state index contributed by atoms with van der Waals surface area (Å²) in [5.74, 6) is 1.18. The van der Waals surface area contributed by atoms with Gasteiger partial charge in [-0.2, -0.15) is 0 Å². The number of benzene rings is 2. The first-order valence-corrected chi connectivity index (χ1v) is 11.9. The average molecular weight is 323 g/mol. The van der Waals surface area contributed by atoms with E-state index < -0.39 is 8.32 Å². The molecule has 120 valence electrons. The molecule has 0 radical (unpaired) electrons. The number of hydrogen-bond acceptors (Lipinski definition) is 1. The van der Waals surface area contributed by atoms with E-state index >= 15 is 0 Å². The molecule has 2 aromatic carbocycles. The van der Waals surface area contributed by atoms with Crippen LogP contribution in [0.3, 0.4) is 0 Å². The van der Waals surface area contributed by atoms with Crippen LogP contribution in [0, 0.1) is 0 Å². The average Bonchev–Trinajstić information content (AvgIpc) is 2.55. The van der Waals surface area contributed by atoms with Crippen LogP contribution < -0.4 is 0 Å². The molecular weight excluding hydrogens is 296 g/mol. The molecule has 0 amide bonds. The Hall–Kier alpha value is -1.80. The third kappa shape index (κ3) is 3.58. The highest BCUT2D eigenvalue weighted by Gasteiger charge is 2.38. The van der Waals surface area contributed by atoms with E-state index in [2.05, 4.69) is 86.4 Å². The fourth-order valence-corrected chi connectivity index (χ4v) is 4.52. The van der Waals surface area contributed by atoms with Crippen molar-refractivity contribution in [3.8, 4) is 0 Å². The molecule has 0 unspecified atom stereocenters. The summed E-state index contributed by atoms with van der Waals surface area (Å²) in [4.78, 5) is 0. The van der Waals surface area contributed by atoms with Crippen LogP contribution in [0.15, 0.2) is 72.5 Å². The van der Waals surface area contributed by atoms with Gasteiger partial charge in [-0.05, 0) is 49.7 Å². The standard InChI is InChI=1S/C21H26OSi/c1-23(2,3)22-20-15-10-16-21(17-20,18-11-6-4-7-12-18)19-13-8-5-9-14-19/h4-9,11-15H,10,16-17H2,1-3H3. The summed E-state index contributed by atoms with van der Waals surface area (Å²) in [6, 6.07) is 21.9. The van der Waals surface area contributed by atoms with E-state index in [0.717, 1.165) is 19.3 Å². The first kappa shape index (κ1) is 16.1. The zero-order chi connectivity index (χ0) is 16.3. The SMILES string of the molecule is C[Si](C)(C)OC1=CCCC(c2ccccc2)(c2ccccc2)C1. The monoisotopic (exact) mass is 322 g/mol. The Morgan fingerprint density at radius 2 is 1.35 bits per heavy atom. The summed E-state index contributed by atoms with van der Waals surface area (Å²) in [6.07, 6.45) is 5.48. The molecule has 0 aromatic heterocycles. The largest absolute Gasteiger partial charge is 0.548 e. The fourth-order valence-electron chi connectivity index (χ4n) is 3.58. The smallest absolute Gasteiger partial charge is 0.241 e. The fraction of sp³-hybridized carbons (Fsp3) is 0.333. The molecule has 3 rings (SSSR count). The second kappa shape index (κ2) is 6.36. The predicted molar refractivity (Wildman–Crippen MR) is 100 cm³/mol. The quantitative estimate of drug-likeness (QED) is 0.637. The van der Waals surface area contributed by atoms with E-state index in [0.29, 0.717) is 0 Å². The van der Waals surface area contributed by atoms with E-state index in [1.165, 1.54) is 16.9 Å². The first-order valence-electron chi connectivity index (χ1n) is 8.49.